The van der Waals surface area contributed by atoms with Gasteiger partial charge < -0.3 is 19.5 Å². The number of carbonyl (C=O) groups excluding carboxylic acids is 1. The largest absolute Gasteiger partial charge is 0.497 e. The number of carbonyl (C=O) groups is 1. The zero-order valence-electron chi connectivity index (χ0n) is 13.4. The summed E-state index contributed by atoms with van der Waals surface area (Å²) in [6.45, 7) is 0.500. The van der Waals surface area contributed by atoms with Crippen LogP contribution in [0.5, 0.6) is 17.2 Å². The second kappa shape index (κ2) is 8.68. The molecule has 0 spiro atoms. The van der Waals surface area contributed by atoms with Gasteiger partial charge in [0.05, 0.1) is 14.2 Å². The van der Waals surface area contributed by atoms with Gasteiger partial charge in [-0.15, -0.1) is 0 Å². The van der Waals surface area contributed by atoms with Gasteiger partial charge in [0.25, 0.3) is 5.91 Å². The monoisotopic (exact) mass is 315 g/mol. The Labute approximate surface area is 136 Å². The average Bonchev–Trinajstić information content (AvgIpc) is 2.60. The molecule has 1 amide bonds. The molecule has 0 aliphatic heterocycles. The molecule has 0 bridgehead atoms. The van der Waals surface area contributed by atoms with Gasteiger partial charge in [0.15, 0.2) is 6.61 Å². The third kappa shape index (κ3) is 5.21. The normalized spacial score (nSPS) is 10.0. The lowest BCUT2D eigenvalue weighted by molar-refractivity contribution is -0.123. The Morgan fingerprint density at radius 1 is 1.00 bits per heavy atom. The molecule has 0 heterocycles. The minimum absolute atomic E-state index is 0.0287. The smallest absolute Gasteiger partial charge is 0.257 e. The van der Waals surface area contributed by atoms with Gasteiger partial charge >= 0.3 is 0 Å². The van der Waals surface area contributed by atoms with E-state index in [1.165, 1.54) is 0 Å². The maximum absolute atomic E-state index is 11.8. The predicted molar refractivity (Wildman–Crippen MR) is 88.2 cm³/mol. The van der Waals surface area contributed by atoms with Crippen molar-refractivity contribution in [2.75, 3.05) is 27.4 Å². The van der Waals surface area contributed by atoms with Crippen molar-refractivity contribution in [3.05, 3.63) is 54.1 Å². The van der Waals surface area contributed by atoms with Crippen LogP contribution in [0.2, 0.25) is 0 Å². The number of benzene rings is 2. The lowest BCUT2D eigenvalue weighted by atomic mass is 10.1. The molecular weight excluding hydrogens is 294 g/mol. The van der Waals surface area contributed by atoms with Gasteiger partial charge in [-0.25, -0.2) is 0 Å². The molecule has 5 nitrogen and oxygen atoms in total. The SMILES string of the molecule is COc1cccc(OCC(=O)NCCc2ccccc2OC)c1. The number of methoxy groups -OCH3 is 2. The van der Waals surface area contributed by atoms with E-state index in [1.54, 1.807) is 26.4 Å². The molecule has 2 rings (SSSR count). The molecule has 1 N–H and O–H groups in total. The maximum atomic E-state index is 11.8. The van der Waals surface area contributed by atoms with E-state index in [9.17, 15) is 4.79 Å². The van der Waals surface area contributed by atoms with Crippen molar-refractivity contribution >= 4 is 5.91 Å². The number of hydrogen-bond acceptors (Lipinski definition) is 4. The Hall–Kier alpha value is -2.69. The fourth-order valence-electron chi connectivity index (χ4n) is 2.14. The van der Waals surface area contributed by atoms with Crippen molar-refractivity contribution in [2.45, 2.75) is 6.42 Å². The summed E-state index contributed by atoms with van der Waals surface area (Å²) in [6.07, 6.45) is 0.703. The highest BCUT2D eigenvalue weighted by molar-refractivity contribution is 5.77. The first-order valence-corrected chi connectivity index (χ1v) is 7.38. The van der Waals surface area contributed by atoms with Crippen LogP contribution in [0.25, 0.3) is 0 Å². The molecule has 23 heavy (non-hydrogen) atoms. The third-order valence-corrected chi connectivity index (χ3v) is 3.32. The van der Waals surface area contributed by atoms with Crippen LogP contribution in [0.15, 0.2) is 48.5 Å². The van der Waals surface area contributed by atoms with Crippen LogP contribution in [0.1, 0.15) is 5.56 Å². The first-order valence-electron chi connectivity index (χ1n) is 7.38. The van der Waals surface area contributed by atoms with Crippen LogP contribution < -0.4 is 19.5 Å². The molecular formula is C18H21NO4. The van der Waals surface area contributed by atoms with Crippen molar-refractivity contribution in [1.82, 2.24) is 5.32 Å². The van der Waals surface area contributed by atoms with Crippen LogP contribution in [-0.2, 0) is 11.2 Å². The minimum atomic E-state index is -0.164. The van der Waals surface area contributed by atoms with Gasteiger partial charge in [0.2, 0.25) is 0 Å². The van der Waals surface area contributed by atoms with Crippen molar-refractivity contribution in [2.24, 2.45) is 0 Å². The minimum Gasteiger partial charge on any atom is -0.497 e. The van der Waals surface area contributed by atoms with Gasteiger partial charge in [0.1, 0.15) is 17.2 Å². The van der Waals surface area contributed by atoms with E-state index in [1.807, 2.05) is 36.4 Å². The van der Waals surface area contributed by atoms with Gasteiger partial charge in [-0.2, -0.15) is 0 Å². The Balaban J connectivity index is 1.74. The molecule has 0 aromatic heterocycles. The predicted octanol–water partition coefficient (Wildman–Crippen LogP) is 2.44. The first kappa shape index (κ1) is 16.7. The molecule has 0 atom stereocenters. The lowest BCUT2D eigenvalue weighted by Gasteiger charge is -2.10. The zero-order chi connectivity index (χ0) is 16.5. The highest BCUT2D eigenvalue weighted by atomic mass is 16.5. The van der Waals surface area contributed by atoms with Gasteiger partial charge in [-0.1, -0.05) is 24.3 Å². The van der Waals surface area contributed by atoms with Crippen LogP contribution in [0.4, 0.5) is 0 Å². The van der Waals surface area contributed by atoms with Crippen molar-refractivity contribution in [1.29, 1.82) is 0 Å². The average molecular weight is 315 g/mol. The van der Waals surface area contributed by atoms with E-state index in [-0.39, 0.29) is 12.5 Å². The van der Waals surface area contributed by atoms with E-state index in [2.05, 4.69) is 5.32 Å². The van der Waals surface area contributed by atoms with E-state index in [0.717, 1.165) is 11.3 Å². The highest BCUT2D eigenvalue weighted by Gasteiger charge is 2.05. The summed E-state index contributed by atoms with van der Waals surface area (Å²) >= 11 is 0. The van der Waals surface area contributed by atoms with Crippen LogP contribution in [-0.4, -0.2) is 33.3 Å². The number of amides is 1. The van der Waals surface area contributed by atoms with Crippen LogP contribution >= 0.6 is 0 Å². The summed E-state index contributed by atoms with van der Waals surface area (Å²) in [5.74, 6) is 1.96. The fraction of sp³-hybridized carbons (Fsp3) is 0.278. The molecule has 5 heteroatoms. The number of rotatable bonds is 8. The molecule has 122 valence electrons. The summed E-state index contributed by atoms with van der Waals surface area (Å²) in [7, 11) is 3.23. The summed E-state index contributed by atoms with van der Waals surface area (Å²) in [5, 5.41) is 2.83. The van der Waals surface area contributed by atoms with Gasteiger partial charge in [-0.3, -0.25) is 4.79 Å². The van der Waals surface area contributed by atoms with Gasteiger partial charge in [0, 0.05) is 12.6 Å². The van der Waals surface area contributed by atoms with Crippen LogP contribution in [0, 0.1) is 0 Å². The molecule has 0 aliphatic carbocycles. The summed E-state index contributed by atoms with van der Waals surface area (Å²) < 4.78 is 15.8. The number of para-hydroxylation sites is 1. The molecule has 0 saturated carbocycles. The Morgan fingerprint density at radius 2 is 1.78 bits per heavy atom. The number of hydrogen-bond donors (Lipinski definition) is 1. The Kier molecular flexibility index (Phi) is 6.29. The molecule has 0 aliphatic rings. The summed E-state index contributed by atoms with van der Waals surface area (Å²) in [4.78, 5) is 11.8. The second-order valence-electron chi connectivity index (χ2n) is 4.88. The quantitative estimate of drug-likeness (QED) is 0.813. The molecule has 0 radical (unpaired) electrons. The second-order valence-corrected chi connectivity index (χ2v) is 4.88. The van der Waals surface area contributed by atoms with Crippen molar-refractivity contribution in [3.63, 3.8) is 0 Å². The van der Waals surface area contributed by atoms with E-state index in [0.29, 0.717) is 24.5 Å². The molecule has 2 aromatic carbocycles. The molecule has 0 saturated heterocycles. The standard InChI is InChI=1S/C18H21NO4/c1-21-15-7-5-8-16(12-15)23-13-18(20)19-11-10-14-6-3-4-9-17(14)22-2/h3-9,12H,10-11,13H2,1-2H3,(H,19,20). The summed E-state index contributed by atoms with van der Waals surface area (Å²) in [6, 6.07) is 14.9. The van der Waals surface area contributed by atoms with E-state index >= 15 is 0 Å². The molecule has 2 aromatic rings. The maximum Gasteiger partial charge on any atom is 0.257 e. The molecule has 0 fully saturated rings. The fourth-order valence-corrected chi connectivity index (χ4v) is 2.14. The topological polar surface area (TPSA) is 56.8 Å². The third-order valence-electron chi connectivity index (χ3n) is 3.32. The van der Waals surface area contributed by atoms with Crippen molar-refractivity contribution in [3.8, 4) is 17.2 Å². The molecule has 0 unspecified atom stereocenters. The first-order chi connectivity index (χ1) is 11.2. The van der Waals surface area contributed by atoms with Crippen molar-refractivity contribution < 1.29 is 19.0 Å². The lowest BCUT2D eigenvalue weighted by Crippen LogP contribution is -2.30. The van der Waals surface area contributed by atoms with Gasteiger partial charge in [-0.05, 0) is 30.2 Å². The van der Waals surface area contributed by atoms with Crippen LogP contribution in [0.3, 0.4) is 0 Å². The summed E-state index contributed by atoms with van der Waals surface area (Å²) in [5.41, 5.74) is 1.06. The highest BCUT2D eigenvalue weighted by Crippen LogP contribution is 2.19. The number of ether oxygens (including phenoxy) is 3. The van der Waals surface area contributed by atoms with E-state index in [4.69, 9.17) is 14.2 Å². The Bertz CT molecular complexity index is 642. The number of nitrogens with one attached hydrogen (secondary N) is 1. The zero-order valence-corrected chi connectivity index (χ0v) is 13.4. The van der Waals surface area contributed by atoms with E-state index < -0.39 is 0 Å². The Morgan fingerprint density at radius 3 is 2.57 bits per heavy atom.